The van der Waals surface area contributed by atoms with Crippen molar-refractivity contribution in [3.8, 4) is 11.4 Å². The Bertz CT molecular complexity index is 1100. The van der Waals surface area contributed by atoms with Gasteiger partial charge in [-0.2, -0.15) is 0 Å². The van der Waals surface area contributed by atoms with Crippen LogP contribution in [0.25, 0.3) is 22.3 Å². The molecule has 1 heterocycles. The van der Waals surface area contributed by atoms with Crippen molar-refractivity contribution in [2.45, 2.75) is 33.5 Å². The van der Waals surface area contributed by atoms with E-state index in [1.165, 1.54) is 16.7 Å². The molecular weight excluding hydrogens is 394 g/mol. The largest absolute Gasteiger partial charge is 0.335 e. The van der Waals surface area contributed by atoms with Crippen molar-refractivity contribution >= 4 is 18.5 Å². The number of benzene rings is 2. The fourth-order valence-corrected chi connectivity index (χ4v) is 4.94. The molecule has 2 aromatic carbocycles. The zero-order valence-corrected chi connectivity index (χ0v) is 17.6. The van der Waals surface area contributed by atoms with Gasteiger partial charge in [-0.1, -0.05) is 30.3 Å². The molecule has 3 rings (SSSR count). The molecule has 0 aliphatic carbocycles. The number of fused-ring (bicyclic) bond motifs is 1. The summed E-state index contributed by atoms with van der Waals surface area (Å²) in [6.45, 7) is 6.32. The number of hydrogen-bond donors (Lipinski definition) is 0. The molecule has 0 spiro atoms. The molecule has 0 N–H and O–H groups in total. The summed E-state index contributed by atoms with van der Waals surface area (Å²) in [6, 6.07) is 11.6. The molecule has 0 saturated heterocycles. The molecule has 0 aliphatic heterocycles. The molecule has 0 atom stereocenters. The monoisotopic (exact) mass is 418 g/mol. The second-order valence-electron chi connectivity index (χ2n) is 6.42. The summed E-state index contributed by atoms with van der Waals surface area (Å²) in [7, 11) is -3.20. The van der Waals surface area contributed by atoms with Crippen molar-refractivity contribution in [1.29, 1.82) is 0 Å². The van der Waals surface area contributed by atoms with Crippen LogP contribution in [0.1, 0.15) is 26.3 Å². The van der Waals surface area contributed by atoms with Gasteiger partial charge in [0, 0.05) is 12.1 Å². The molecule has 6 nitrogen and oxygen atoms in total. The second kappa shape index (κ2) is 8.99. The van der Waals surface area contributed by atoms with Crippen molar-refractivity contribution in [2.24, 2.45) is 0 Å². The molecule has 0 fully saturated rings. The number of hydrogen-bond acceptors (Lipinski definition) is 5. The van der Waals surface area contributed by atoms with Crippen molar-refractivity contribution < 1.29 is 18.0 Å². The maximum atomic E-state index is 14.1. The molecule has 0 amide bonds. The van der Waals surface area contributed by atoms with Crippen LogP contribution in [0.2, 0.25) is 0 Å². The van der Waals surface area contributed by atoms with E-state index < -0.39 is 19.0 Å². The highest BCUT2D eigenvalue weighted by atomic mass is 31.2. The molecule has 0 radical (unpaired) electrons. The van der Waals surface area contributed by atoms with E-state index in [2.05, 4.69) is 4.98 Å². The van der Waals surface area contributed by atoms with E-state index in [0.717, 1.165) is 5.56 Å². The number of aromatic nitrogens is 2. The third kappa shape index (κ3) is 4.47. The fourth-order valence-electron chi connectivity index (χ4n) is 3.24. The zero-order valence-electron chi connectivity index (χ0n) is 16.7. The predicted octanol–water partition coefficient (Wildman–Crippen LogP) is 4.99. The van der Waals surface area contributed by atoms with Gasteiger partial charge >= 0.3 is 7.60 Å². The lowest BCUT2D eigenvalue weighted by molar-refractivity contribution is 0.219. The maximum absolute atomic E-state index is 14.1. The predicted molar refractivity (Wildman–Crippen MR) is 112 cm³/mol. The van der Waals surface area contributed by atoms with E-state index in [9.17, 15) is 13.8 Å². The van der Waals surface area contributed by atoms with E-state index in [1.807, 2.05) is 19.1 Å². The highest BCUT2D eigenvalue weighted by Gasteiger charge is 2.24. The fraction of sp³-hybridized carbons (Fsp3) is 0.333. The Balaban J connectivity index is 2.01. The van der Waals surface area contributed by atoms with Crippen molar-refractivity contribution in [3.05, 3.63) is 64.2 Å². The first kappa shape index (κ1) is 21.4. The molecule has 8 heteroatoms. The van der Waals surface area contributed by atoms with Gasteiger partial charge in [0.1, 0.15) is 17.0 Å². The number of rotatable bonds is 8. The minimum absolute atomic E-state index is 0.0101. The standard InChI is InChI=1S/C21H24FN2O4P/c1-4-24-20(23-18-9-7-8-17(22)19(18)21(24)25)16-12-10-15(11-13-16)14-29(26,27-5-2)28-6-3/h7-13H,4-6,14H2,1-3H3. The van der Waals surface area contributed by atoms with E-state index in [1.54, 1.807) is 32.0 Å². The average molecular weight is 418 g/mol. The van der Waals surface area contributed by atoms with Gasteiger partial charge in [0.15, 0.2) is 0 Å². The summed E-state index contributed by atoms with van der Waals surface area (Å²) < 4.78 is 39.0. The number of nitrogens with zero attached hydrogens (tertiary/aromatic N) is 2. The van der Waals surface area contributed by atoms with Gasteiger partial charge in [0.2, 0.25) is 0 Å². The van der Waals surface area contributed by atoms with Gasteiger partial charge in [-0.05, 0) is 38.5 Å². The SMILES string of the molecule is CCOP(=O)(Cc1ccc(-c2nc3cccc(F)c3c(=O)n2CC)cc1)OCC. The van der Waals surface area contributed by atoms with Crippen LogP contribution in [0.5, 0.6) is 0 Å². The lowest BCUT2D eigenvalue weighted by Crippen LogP contribution is -2.23. The van der Waals surface area contributed by atoms with Crippen LogP contribution in [-0.2, 0) is 26.3 Å². The minimum atomic E-state index is -3.20. The van der Waals surface area contributed by atoms with Crippen LogP contribution >= 0.6 is 7.60 Å². The third-order valence-electron chi connectivity index (χ3n) is 4.49. The van der Waals surface area contributed by atoms with E-state index in [-0.39, 0.29) is 11.5 Å². The Hall–Kier alpha value is -2.34. The normalized spacial score (nSPS) is 11.9. The Labute approximate surface area is 168 Å². The minimum Gasteiger partial charge on any atom is -0.309 e. The summed E-state index contributed by atoms with van der Waals surface area (Å²) >= 11 is 0. The molecular formula is C21H24FN2O4P. The molecule has 1 aromatic heterocycles. The number of halogens is 1. The summed E-state index contributed by atoms with van der Waals surface area (Å²) in [5.41, 5.74) is 1.40. The highest BCUT2D eigenvalue weighted by Crippen LogP contribution is 2.51. The molecule has 0 saturated carbocycles. The van der Waals surface area contributed by atoms with Crippen molar-refractivity contribution in [1.82, 2.24) is 9.55 Å². The van der Waals surface area contributed by atoms with Crippen LogP contribution in [0.15, 0.2) is 47.3 Å². The lowest BCUT2D eigenvalue weighted by atomic mass is 10.1. The highest BCUT2D eigenvalue weighted by molar-refractivity contribution is 7.53. The van der Waals surface area contributed by atoms with Gasteiger partial charge in [-0.25, -0.2) is 9.37 Å². The van der Waals surface area contributed by atoms with Crippen LogP contribution in [-0.4, -0.2) is 22.8 Å². The topological polar surface area (TPSA) is 70.4 Å². The first-order chi connectivity index (χ1) is 13.9. The Morgan fingerprint density at radius 2 is 1.69 bits per heavy atom. The summed E-state index contributed by atoms with van der Waals surface area (Å²) in [4.78, 5) is 17.3. The first-order valence-corrected chi connectivity index (χ1v) is 11.3. The third-order valence-corrected chi connectivity index (χ3v) is 6.54. The Morgan fingerprint density at radius 3 is 2.28 bits per heavy atom. The summed E-state index contributed by atoms with van der Waals surface area (Å²) in [6.07, 6.45) is 0.159. The van der Waals surface area contributed by atoms with Crippen molar-refractivity contribution in [2.75, 3.05) is 13.2 Å². The zero-order chi connectivity index (χ0) is 21.0. The molecule has 29 heavy (non-hydrogen) atoms. The van der Waals surface area contributed by atoms with Crippen LogP contribution in [0.4, 0.5) is 4.39 Å². The van der Waals surface area contributed by atoms with Crippen LogP contribution in [0, 0.1) is 5.82 Å². The Morgan fingerprint density at radius 1 is 1.03 bits per heavy atom. The average Bonchev–Trinajstić information content (AvgIpc) is 2.68. The molecule has 0 aliphatic rings. The molecule has 3 aromatic rings. The maximum Gasteiger partial charge on any atom is 0.335 e. The van der Waals surface area contributed by atoms with Crippen LogP contribution < -0.4 is 5.56 Å². The molecule has 154 valence electrons. The van der Waals surface area contributed by atoms with Gasteiger partial charge in [0.25, 0.3) is 5.56 Å². The second-order valence-corrected chi connectivity index (χ2v) is 8.47. The quantitative estimate of drug-likeness (QED) is 0.482. The summed E-state index contributed by atoms with van der Waals surface area (Å²) in [5, 5.41) is -0.0101. The van der Waals surface area contributed by atoms with E-state index in [4.69, 9.17) is 9.05 Å². The van der Waals surface area contributed by atoms with Crippen LogP contribution in [0.3, 0.4) is 0 Å². The van der Waals surface area contributed by atoms with Gasteiger partial charge in [0.05, 0.1) is 24.9 Å². The smallest absolute Gasteiger partial charge is 0.309 e. The van der Waals surface area contributed by atoms with Gasteiger partial charge in [-0.3, -0.25) is 13.9 Å². The van der Waals surface area contributed by atoms with E-state index in [0.29, 0.717) is 36.7 Å². The van der Waals surface area contributed by atoms with Gasteiger partial charge in [-0.15, -0.1) is 0 Å². The van der Waals surface area contributed by atoms with Gasteiger partial charge < -0.3 is 9.05 Å². The van der Waals surface area contributed by atoms with E-state index >= 15 is 0 Å². The Kier molecular flexibility index (Phi) is 6.63. The van der Waals surface area contributed by atoms with Crippen molar-refractivity contribution in [3.63, 3.8) is 0 Å². The summed E-state index contributed by atoms with van der Waals surface area (Å²) in [5.74, 6) is -0.119. The lowest BCUT2D eigenvalue weighted by Gasteiger charge is -2.17. The molecule has 0 bridgehead atoms. The first-order valence-electron chi connectivity index (χ1n) is 9.59. The molecule has 0 unspecified atom stereocenters.